The van der Waals surface area contributed by atoms with E-state index in [0.29, 0.717) is 0 Å². The van der Waals surface area contributed by atoms with Crippen LogP contribution in [0.2, 0.25) is 0 Å². The predicted molar refractivity (Wildman–Crippen MR) is 72.8 cm³/mol. The van der Waals surface area contributed by atoms with Gasteiger partial charge in [-0.1, -0.05) is 24.3 Å². The number of rotatable bonds is 4. The van der Waals surface area contributed by atoms with Gasteiger partial charge in [-0.05, 0) is 5.39 Å². The average Bonchev–Trinajstić information content (AvgIpc) is 2.43. The summed E-state index contributed by atoms with van der Waals surface area (Å²) < 4.78 is 0. The summed E-state index contributed by atoms with van der Waals surface area (Å²) in [6, 6.07) is 4.00. The Labute approximate surface area is 194 Å². The summed E-state index contributed by atoms with van der Waals surface area (Å²) in [6.45, 7) is 0. The molecular weight excluding hydrogens is 376 g/mol. The van der Waals surface area contributed by atoms with E-state index in [9.17, 15) is 39.6 Å². The fourth-order valence-corrected chi connectivity index (χ4v) is 2.18. The van der Waals surface area contributed by atoms with Gasteiger partial charge in [-0.3, -0.25) is 0 Å². The van der Waals surface area contributed by atoms with Crippen molar-refractivity contribution in [2.75, 3.05) is 0 Å². The smallest absolute Gasteiger partial charge is 0.545 e. The number of aromatic carboxylic acids is 4. The zero-order chi connectivity index (χ0) is 16.6. The van der Waals surface area contributed by atoms with Crippen LogP contribution in [-0.2, 0) is 0 Å². The van der Waals surface area contributed by atoms with Gasteiger partial charge in [0.1, 0.15) is 0 Å². The van der Waals surface area contributed by atoms with Crippen molar-refractivity contribution < 1.29 is 39.6 Å². The van der Waals surface area contributed by atoms with E-state index in [0.717, 1.165) is 24.3 Å². The van der Waals surface area contributed by atoms with Gasteiger partial charge in [-0.2, -0.15) is 0 Å². The third kappa shape index (κ3) is 4.19. The molecule has 10 heteroatoms. The van der Waals surface area contributed by atoms with Crippen LogP contribution in [0.1, 0.15) is 41.4 Å². The van der Waals surface area contributed by atoms with Crippen LogP contribution in [-0.4, -0.2) is 99.4 Å². The fourth-order valence-electron chi connectivity index (χ4n) is 2.18. The number of carbonyl (C=O) groups excluding carboxylic acids is 4. The van der Waals surface area contributed by atoms with Gasteiger partial charge >= 0.3 is 75.5 Å². The Kier molecular flexibility index (Phi) is 8.64. The number of benzene rings is 2. The zero-order valence-electron chi connectivity index (χ0n) is 12.0. The third-order valence-electron chi connectivity index (χ3n) is 3.03. The van der Waals surface area contributed by atoms with Gasteiger partial charge in [0.2, 0.25) is 0 Å². The Morgan fingerprint density at radius 1 is 0.583 bits per heavy atom. The van der Waals surface area contributed by atoms with E-state index in [2.05, 4.69) is 0 Å². The molecule has 0 aromatic heterocycles. The number of hydrogen-bond acceptors (Lipinski definition) is 8. The third-order valence-corrected chi connectivity index (χ3v) is 3.03. The molecule has 0 saturated carbocycles. The molecule has 0 aliphatic carbocycles. The SMILES string of the molecule is O=C([O-])c1ccc2ccc(C(=O)[O-])c(C(=O)[O-])c2c1C(=O)[O-].[Ca+2].[Ca+2]. The summed E-state index contributed by atoms with van der Waals surface area (Å²) >= 11 is 0. The first-order chi connectivity index (χ1) is 10.3. The van der Waals surface area contributed by atoms with Crippen molar-refractivity contribution in [1.82, 2.24) is 0 Å². The van der Waals surface area contributed by atoms with E-state index in [4.69, 9.17) is 0 Å². The summed E-state index contributed by atoms with van der Waals surface area (Å²) in [5.41, 5.74) is -3.68. The summed E-state index contributed by atoms with van der Waals surface area (Å²) in [7, 11) is 0. The van der Waals surface area contributed by atoms with Crippen molar-refractivity contribution in [3.05, 3.63) is 46.5 Å². The van der Waals surface area contributed by atoms with E-state index < -0.39 is 51.5 Å². The second kappa shape index (κ2) is 8.98. The van der Waals surface area contributed by atoms with E-state index in [1.54, 1.807) is 0 Å². The van der Waals surface area contributed by atoms with Crippen LogP contribution >= 0.6 is 0 Å². The maximum atomic E-state index is 11.2. The second-order valence-electron chi connectivity index (χ2n) is 4.22. The fraction of sp³-hybridized carbons (Fsp3) is 0. The van der Waals surface area contributed by atoms with Crippen LogP contribution in [0.15, 0.2) is 24.3 Å². The van der Waals surface area contributed by atoms with E-state index in [1.807, 2.05) is 0 Å². The van der Waals surface area contributed by atoms with Crippen molar-refractivity contribution in [3.63, 3.8) is 0 Å². The molecule has 8 nitrogen and oxygen atoms in total. The predicted octanol–water partition coefficient (Wildman–Crippen LogP) is -4.47. The van der Waals surface area contributed by atoms with Crippen molar-refractivity contribution in [2.45, 2.75) is 0 Å². The van der Waals surface area contributed by atoms with E-state index >= 15 is 0 Å². The molecular formula is C14H4Ca2O8. The minimum absolute atomic E-state index is 0. The quantitative estimate of drug-likeness (QED) is 0.480. The number of carboxylic acids is 4. The van der Waals surface area contributed by atoms with E-state index in [1.165, 1.54) is 0 Å². The monoisotopic (exact) mass is 380 g/mol. The maximum Gasteiger partial charge on any atom is 2.00 e. The van der Waals surface area contributed by atoms with Crippen molar-refractivity contribution >= 4 is 110 Å². The van der Waals surface area contributed by atoms with Gasteiger partial charge in [0.05, 0.1) is 23.9 Å². The van der Waals surface area contributed by atoms with Gasteiger partial charge < -0.3 is 39.6 Å². The first-order valence-electron chi connectivity index (χ1n) is 5.70. The molecule has 2 aromatic carbocycles. The van der Waals surface area contributed by atoms with Crippen molar-refractivity contribution in [1.29, 1.82) is 0 Å². The first-order valence-corrected chi connectivity index (χ1v) is 5.70. The van der Waals surface area contributed by atoms with Crippen molar-refractivity contribution in [3.8, 4) is 0 Å². The van der Waals surface area contributed by atoms with Crippen LogP contribution in [0.25, 0.3) is 10.8 Å². The summed E-state index contributed by atoms with van der Waals surface area (Å²) in [6.07, 6.45) is 0. The van der Waals surface area contributed by atoms with Gasteiger partial charge in [0.15, 0.2) is 0 Å². The number of fused-ring (bicyclic) bond motifs is 1. The molecule has 0 N–H and O–H groups in total. The topological polar surface area (TPSA) is 161 Å². The first kappa shape index (κ1) is 23.1. The minimum Gasteiger partial charge on any atom is -0.545 e. The minimum atomic E-state index is -2.00. The Hall–Kier alpha value is -0.901. The van der Waals surface area contributed by atoms with Crippen LogP contribution in [0.5, 0.6) is 0 Å². The number of carbonyl (C=O) groups is 4. The van der Waals surface area contributed by atoms with Crippen LogP contribution in [0.4, 0.5) is 0 Å². The second-order valence-corrected chi connectivity index (χ2v) is 4.22. The summed E-state index contributed by atoms with van der Waals surface area (Å²) in [5, 5.41) is 43.7. The number of carboxylic acid groups (broad SMARTS) is 4. The van der Waals surface area contributed by atoms with Crippen molar-refractivity contribution in [2.24, 2.45) is 0 Å². The average molecular weight is 380 g/mol. The van der Waals surface area contributed by atoms with Crippen LogP contribution < -0.4 is 20.4 Å². The molecule has 0 amide bonds. The molecule has 112 valence electrons. The van der Waals surface area contributed by atoms with Gasteiger partial charge in [-0.25, -0.2) is 0 Å². The van der Waals surface area contributed by atoms with Gasteiger partial charge in [-0.15, -0.1) is 0 Å². The normalized spacial score (nSPS) is 9.50. The molecule has 0 spiro atoms. The molecule has 24 heavy (non-hydrogen) atoms. The summed E-state index contributed by atoms with van der Waals surface area (Å²) in [5.74, 6) is -7.76. The van der Waals surface area contributed by atoms with Crippen LogP contribution in [0, 0.1) is 0 Å². The molecule has 0 atom stereocenters. The molecule has 0 heterocycles. The molecule has 0 fully saturated rings. The molecule has 0 aliphatic heterocycles. The molecule has 2 aromatic rings. The molecule has 0 bridgehead atoms. The number of hydrogen-bond donors (Lipinski definition) is 0. The molecule has 2 rings (SSSR count). The van der Waals surface area contributed by atoms with Gasteiger partial charge in [0.25, 0.3) is 0 Å². The van der Waals surface area contributed by atoms with Gasteiger partial charge in [0, 0.05) is 27.6 Å². The van der Waals surface area contributed by atoms with Crippen LogP contribution in [0.3, 0.4) is 0 Å². The summed E-state index contributed by atoms with van der Waals surface area (Å²) in [4.78, 5) is 44.4. The molecule has 0 aliphatic rings. The standard InChI is InChI=1S/C14H8O8.2Ca/c15-11(16)6-3-1-5-2-4-7(12(17)18)10(14(21)22)8(5)9(6)13(19)20;;/h1-4H,(H,15,16)(H,17,18)(H,19,20)(H,21,22);;/q;2*+2/p-4. The molecule has 0 unspecified atom stereocenters. The molecule has 0 radical (unpaired) electrons. The Morgan fingerprint density at radius 3 is 1.17 bits per heavy atom. The Balaban J connectivity index is 0.00000264. The zero-order valence-corrected chi connectivity index (χ0v) is 16.4. The Morgan fingerprint density at radius 2 is 0.917 bits per heavy atom. The molecule has 0 saturated heterocycles. The maximum absolute atomic E-state index is 11.2. The Bertz CT molecular complexity index is 793. The van der Waals surface area contributed by atoms with E-state index in [-0.39, 0.29) is 80.9 Å². The largest absolute Gasteiger partial charge is 2.00 e.